The van der Waals surface area contributed by atoms with Gasteiger partial charge in [0, 0.05) is 0 Å². The van der Waals surface area contributed by atoms with Crippen LogP contribution in [0.5, 0.6) is 0 Å². The first-order chi connectivity index (χ1) is 7.77. The highest BCUT2D eigenvalue weighted by Crippen LogP contribution is 2.23. The van der Waals surface area contributed by atoms with E-state index >= 15 is 0 Å². The normalized spacial score (nSPS) is 10.4. The Morgan fingerprint density at radius 3 is 2.56 bits per heavy atom. The van der Waals surface area contributed by atoms with E-state index in [2.05, 4.69) is 0 Å². The Morgan fingerprint density at radius 1 is 1.19 bits per heavy atom. The molecule has 0 heterocycles. The smallest absolute Gasteiger partial charge is 0.338 e. The maximum absolute atomic E-state index is 11.5. The van der Waals surface area contributed by atoms with Crippen LogP contribution in [-0.2, 0) is 11.3 Å². The van der Waals surface area contributed by atoms with Gasteiger partial charge in [-0.2, -0.15) is 0 Å². The fraction of sp³-hybridized carbons (Fsp3) is 0.154. The molecule has 2 aromatic carbocycles. The van der Waals surface area contributed by atoms with Crippen LogP contribution in [0.25, 0.3) is 10.8 Å². The summed E-state index contributed by atoms with van der Waals surface area (Å²) in [6, 6.07) is 10.9. The molecule has 0 atom stereocenters. The van der Waals surface area contributed by atoms with Crippen LogP contribution in [0.2, 0.25) is 0 Å². The fourth-order valence-corrected chi connectivity index (χ4v) is 1.80. The largest absolute Gasteiger partial charge is 0.465 e. The molecule has 0 aliphatic carbocycles. The third-order valence-corrected chi connectivity index (χ3v) is 2.59. The summed E-state index contributed by atoms with van der Waals surface area (Å²) in [7, 11) is 1.36. The zero-order chi connectivity index (χ0) is 11.5. The minimum Gasteiger partial charge on any atom is -0.465 e. The number of methoxy groups -OCH3 is 1. The van der Waals surface area contributed by atoms with E-state index in [-0.39, 0.29) is 12.6 Å². The monoisotopic (exact) mass is 216 g/mol. The molecule has 0 radical (unpaired) electrons. The van der Waals surface area contributed by atoms with Gasteiger partial charge < -0.3 is 9.84 Å². The van der Waals surface area contributed by atoms with E-state index < -0.39 is 0 Å². The maximum Gasteiger partial charge on any atom is 0.338 e. The molecule has 0 saturated heterocycles. The van der Waals surface area contributed by atoms with Crippen molar-refractivity contribution in [1.82, 2.24) is 0 Å². The van der Waals surface area contributed by atoms with Crippen molar-refractivity contribution in [3.63, 3.8) is 0 Å². The molecule has 2 aromatic rings. The molecule has 3 nitrogen and oxygen atoms in total. The second kappa shape index (κ2) is 4.33. The van der Waals surface area contributed by atoms with Gasteiger partial charge in [-0.05, 0) is 22.4 Å². The van der Waals surface area contributed by atoms with Gasteiger partial charge in [-0.3, -0.25) is 0 Å². The second-order valence-corrected chi connectivity index (χ2v) is 3.47. The molecule has 3 heteroatoms. The van der Waals surface area contributed by atoms with Crippen LogP contribution in [-0.4, -0.2) is 18.2 Å². The standard InChI is InChI=1S/C13H12O3/c1-16-13(15)12-7-3-5-10-9(8-14)4-2-6-11(10)12/h2-7,14H,8H2,1H3. The molecule has 0 spiro atoms. The highest BCUT2D eigenvalue weighted by atomic mass is 16.5. The number of benzene rings is 2. The van der Waals surface area contributed by atoms with Crippen molar-refractivity contribution in [2.24, 2.45) is 0 Å². The average Bonchev–Trinajstić information content (AvgIpc) is 2.36. The molecule has 0 aliphatic rings. The maximum atomic E-state index is 11.5. The average molecular weight is 216 g/mol. The SMILES string of the molecule is COC(=O)c1cccc2c(CO)cccc12. The van der Waals surface area contributed by atoms with Gasteiger partial charge in [0.15, 0.2) is 0 Å². The number of aliphatic hydroxyl groups excluding tert-OH is 1. The first-order valence-corrected chi connectivity index (χ1v) is 4.97. The van der Waals surface area contributed by atoms with E-state index in [1.807, 2.05) is 24.3 Å². The van der Waals surface area contributed by atoms with Gasteiger partial charge in [-0.25, -0.2) is 4.79 Å². The quantitative estimate of drug-likeness (QED) is 0.782. The Labute approximate surface area is 93.3 Å². The molecule has 0 saturated carbocycles. The summed E-state index contributed by atoms with van der Waals surface area (Å²) in [6.07, 6.45) is 0. The summed E-state index contributed by atoms with van der Waals surface area (Å²) in [6.45, 7) is -0.0397. The van der Waals surface area contributed by atoms with Crippen LogP contribution in [0.1, 0.15) is 15.9 Å². The summed E-state index contributed by atoms with van der Waals surface area (Å²) in [5, 5.41) is 10.9. The van der Waals surface area contributed by atoms with Gasteiger partial charge in [-0.1, -0.05) is 30.3 Å². The summed E-state index contributed by atoms with van der Waals surface area (Å²) in [4.78, 5) is 11.5. The number of hydrogen-bond donors (Lipinski definition) is 1. The van der Waals surface area contributed by atoms with E-state index in [4.69, 9.17) is 4.74 Å². The summed E-state index contributed by atoms with van der Waals surface area (Å²) in [5.74, 6) is -0.360. The third kappa shape index (κ3) is 1.66. The van der Waals surface area contributed by atoms with E-state index in [1.165, 1.54) is 7.11 Å². The molecule has 0 aromatic heterocycles. The summed E-state index contributed by atoms with van der Waals surface area (Å²) in [5.41, 5.74) is 1.33. The Bertz CT molecular complexity index is 532. The molecule has 0 aliphatic heterocycles. The highest BCUT2D eigenvalue weighted by molar-refractivity contribution is 6.05. The van der Waals surface area contributed by atoms with Crippen molar-refractivity contribution in [2.45, 2.75) is 6.61 Å². The molecule has 82 valence electrons. The van der Waals surface area contributed by atoms with Crippen LogP contribution >= 0.6 is 0 Å². The highest BCUT2D eigenvalue weighted by Gasteiger charge is 2.10. The number of ether oxygens (including phenoxy) is 1. The van der Waals surface area contributed by atoms with Crippen LogP contribution < -0.4 is 0 Å². The summed E-state index contributed by atoms with van der Waals surface area (Å²) < 4.78 is 4.72. The Kier molecular flexibility index (Phi) is 2.88. The van der Waals surface area contributed by atoms with Crippen LogP contribution in [0.3, 0.4) is 0 Å². The fourth-order valence-electron chi connectivity index (χ4n) is 1.80. The molecule has 16 heavy (non-hydrogen) atoms. The lowest BCUT2D eigenvalue weighted by Crippen LogP contribution is -2.02. The lowest BCUT2D eigenvalue weighted by Gasteiger charge is -2.07. The summed E-state index contributed by atoms with van der Waals surface area (Å²) >= 11 is 0. The van der Waals surface area contributed by atoms with Gasteiger partial charge in [0.25, 0.3) is 0 Å². The molecule has 0 bridgehead atoms. The predicted molar refractivity (Wildman–Crippen MR) is 61.2 cm³/mol. The van der Waals surface area contributed by atoms with Crippen molar-refractivity contribution in [3.8, 4) is 0 Å². The van der Waals surface area contributed by atoms with E-state index in [9.17, 15) is 9.90 Å². The van der Waals surface area contributed by atoms with Crippen molar-refractivity contribution in [1.29, 1.82) is 0 Å². The van der Waals surface area contributed by atoms with E-state index in [1.54, 1.807) is 12.1 Å². The number of hydrogen-bond acceptors (Lipinski definition) is 3. The Hall–Kier alpha value is -1.87. The molecular weight excluding hydrogens is 204 g/mol. The van der Waals surface area contributed by atoms with E-state index in [0.717, 1.165) is 16.3 Å². The number of aliphatic hydroxyl groups is 1. The molecular formula is C13H12O3. The van der Waals surface area contributed by atoms with Crippen LogP contribution in [0, 0.1) is 0 Å². The Morgan fingerprint density at radius 2 is 1.88 bits per heavy atom. The number of rotatable bonds is 2. The molecule has 1 N–H and O–H groups in total. The van der Waals surface area contributed by atoms with Crippen molar-refractivity contribution in [2.75, 3.05) is 7.11 Å². The van der Waals surface area contributed by atoms with Gasteiger partial charge in [-0.15, -0.1) is 0 Å². The van der Waals surface area contributed by atoms with Gasteiger partial charge in [0.05, 0.1) is 19.3 Å². The molecule has 0 fully saturated rings. The van der Waals surface area contributed by atoms with Crippen molar-refractivity contribution < 1.29 is 14.6 Å². The Balaban J connectivity index is 2.73. The van der Waals surface area contributed by atoms with Gasteiger partial charge >= 0.3 is 5.97 Å². The van der Waals surface area contributed by atoms with Crippen molar-refractivity contribution >= 4 is 16.7 Å². The minimum absolute atomic E-state index is 0.0397. The second-order valence-electron chi connectivity index (χ2n) is 3.47. The first kappa shape index (κ1) is 10.6. The number of carbonyl (C=O) groups is 1. The molecule has 2 rings (SSSR count). The number of esters is 1. The van der Waals surface area contributed by atoms with Crippen LogP contribution in [0.4, 0.5) is 0 Å². The molecule has 0 unspecified atom stereocenters. The van der Waals surface area contributed by atoms with Gasteiger partial charge in [0.2, 0.25) is 0 Å². The molecule has 0 amide bonds. The zero-order valence-electron chi connectivity index (χ0n) is 8.93. The number of fused-ring (bicyclic) bond motifs is 1. The minimum atomic E-state index is -0.360. The van der Waals surface area contributed by atoms with E-state index in [0.29, 0.717) is 5.56 Å². The lowest BCUT2D eigenvalue weighted by molar-refractivity contribution is 0.0603. The third-order valence-electron chi connectivity index (χ3n) is 2.59. The lowest BCUT2D eigenvalue weighted by atomic mass is 10.0. The first-order valence-electron chi connectivity index (χ1n) is 4.97. The topological polar surface area (TPSA) is 46.5 Å². The predicted octanol–water partition coefficient (Wildman–Crippen LogP) is 2.12. The number of carbonyl (C=O) groups excluding carboxylic acids is 1. The van der Waals surface area contributed by atoms with Crippen LogP contribution in [0.15, 0.2) is 36.4 Å². The van der Waals surface area contributed by atoms with Gasteiger partial charge in [0.1, 0.15) is 0 Å². The van der Waals surface area contributed by atoms with Crippen molar-refractivity contribution in [3.05, 3.63) is 47.5 Å². The zero-order valence-corrected chi connectivity index (χ0v) is 8.93.